The number of nitrogens with zero attached hydrogens (tertiary/aromatic N) is 1. The topological polar surface area (TPSA) is 21.7 Å². The van der Waals surface area contributed by atoms with Gasteiger partial charge in [0.05, 0.1) is 40.0 Å². The Hall–Kier alpha value is -1.17. The van der Waals surface area contributed by atoms with E-state index in [1.165, 1.54) is 16.7 Å². The number of fused-ring (bicyclic) bond motifs is 1. The van der Waals surface area contributed by atoms with Gasteiger partial charge in [-0.1, -0.05) is 47.5 Å². The predicted molar refractivity (Wildman–Crippen MR) is 130 cm³/mol. The largest absolute Gasteiger partial charge is 0.494 e. The summed E-state index contributed by atoms with van der Waals surface area (Å²) in [7, 11) is 1.81. The van der Waals surface area contributed by atoms with Gasteiger partial charge in [-0.25, -0.2) is 0 Å². The first kappa shape index (κ1) is 23.0. The van der Waals surface area contributed by atoms with Crippen LogP contribution in [0.25, 0.3) is 0 Å². The molecule has 1 atom stereocenters. The quantitative estimate of drug-likeness (QED) is 0.437. The molecule has 0 radical (unpaired) electrons. The highest BCUT2D eigenvalue weighted by Gasteiger charge is 2.52. The second-order valence-electron chi connectivity index (χ2n) is 10.0. The molecule has 0 N–H and O–H groups in total. The number of hydrogen-bond donors (Lipinski definition) is 0. The van der Waals surface area contributed by atoms with Crippen molar-refractivity contribution >= 4 is 35.8 Å². The summed E-state index contributed by atoms with van der Waals surface area (Å²) in [5, 5.41) is 1.18. The minimum atomic E-state index is -0.361. The van der Waals surface area contributed by atoms with Gasteiger partial charge in [0.1, 0.15) is 6.42 Å². The Morgan fingerprint density at radius 2 is 1.68 bits per heavy atom. The van der Waals surface area contributed by atoms with Gasteiger partial charge in [-0.2, -0.15) is 0 Å². The Balaban J connectivity index is 1.80. The lowest BCUT2D eigenvalue weighted by Gasteiger charge is -2.42. The van der Waals surface area contributed by atoms with E-state index in [-0.39, 0.29) is 23.7 Å². The maximum absolute atomic E-state index is 6.43. The zero-order chi connectivity index (χ0) is 22.6. The lowest BCUT2D eigenvalue weighted by Crippen LogP contribution is -2.46. The highest BCUT2D eigenvalue weighted by atomic mass is 35.5. The fourth-order valence-electron chi connectivity index (χ4n) is 4.91. The minimum absolute atomic E-state index is 0.181. The van der Waals surface area contributed by atoms with E-state index in [2.05, 4.69) is 77.3 Å². The molecule has 0 spiro atoms. The van der Waals surface area contributed by atoms with Crippen molar-refractivity contribution in [3.8, 4) is 0 Å². The van der Waals surface area contributed by atoms with Crippen molar-refractivity contribution in [1.29, 1.82) is 0 Å². The molecule has 0 bridgehead atoms. The Morgan fingerprint density at radius 1 is 1.00 bits per heavy atom. The number of benzene rings is 2. The lowest BCUT2D eigenvalue weighted by molar-refractivity contribution is 0.00578. The van der Waals surface area contributed by atoms with E-state index in [9.17, 15) is 0 Å². The van der Waals surface area contributed by atoms with Crippen LogP contribution >= 0.6 is 23.2 Å². The number of hydrogen-bond acceptors (Lipinski definition) is 3. The van der Waals surface area contributed by atoms with Crippen LogP contribution in [0.2, 0.25) is 10.0 Å². The molecule has 2 heterocycles. The molecule has 0 amide bonds. The fraction of sp³-hybridized carbons (Fsp3) is 0.480. The SMILES string of the molecule is C[CH+]CC1(c2ccc(Cl)c(Cl)c2)CN(C)Cc2cc(B3OC(C)(C)C(C)(C)O3)ccc21. The van der Waals surface area contributed by atoms with Crippen LogP contribution in [-0.2, 0) is 21.3 Å². The van der Waals surface area contributed by atoms with E-state index in [1.807, 2.05) is 12.1 Å². The molecule has 4 rings (SSSR count). The van der Waals surface area contributed by atoms with Gasteiger partial charge in [-0.05, 0) is 69.0 Å². The average Bonchev–Trinajstić information content (AvgIpc) is 2.90. The highest BCUT2D eigenvalue weighted by molar-refractivity contribution is 6.62. The molecule has 3 nitrogen and oxygen atoms in total. The summed E-state index contributed by atoms with van der Waals surface area (Å²) in [5.41, 5.74) is 4.00. The molecule has 0 aliphatic carbocycles. The van der Waals surface area contributed by atoms with Crippen molar-refractivity contribution in [2.24, 2.45) is 0 Å². The summed E-state index contributed by atoms with van der Waals surface area (Å²) >= 11 is 12.7. The molecule has 1 unspecified atom stereocenters. The smallest absolute Gasteiger partial charge is 0.399 e. The zero-order valence-corrected chi connectivity index (χ0v) is 20.8. The molecule has 2 aromatic carbocycles. The van der Waals surface area contributed by atoms with Crippen molar-refractivity contribution in [2.75, 3.05) is 13.6 Å². The van der Waals surface area contributed by atoms with Crippen LogP contribution in [0.4, 0.5) is 0 Å². The van der Waals surface area contributed by atoms with Gasteiger partial charge in [0.15, 0.2) is 0 Å². The molecule has 31 heavy (non-hydrogen) atoms. The second kappa shape index (κ2) is 8.00. The Morgan fingerprint density at radius 3 is 2.29 bits per heavy atom. The number of halogens is 2. The predicted octanol–water partition coefficient (Wildman–Crippen LogP) is 5.64. The third kappa shape index (κ3) is 3.91. The van der Waals surface area contributed by atoms with Crippen LogP contribution in [0.1, 0.15) is 57.7 Å². The first-order chi connectivity index (χ1) is 14.5. The average molecular weight is 459 g/mol. The molecule has 164 valence electrons. The molecular weight excluding hydrogens is 428 g/mol. The summed E-state index contributed by atoms with van der Waals surface area (Å²) < 4.78 is 12.6. The van der Waals surface area contributed by atoms with Crippen molar-refractivity contribution in [1.82, 2.24) is 4.90 Å². The molecule has 1 saturated heterocycles. The maximum Gasteiger partial charge on any atom is 0.494 e. The van der Waals surface area contributed by atoms with Crippen LogP contribution in [0, 0.1) is 6.42 Å². The fourth-order valence-corrected chi connectivity index (χ4v) is 5.21. The van der Waals surface area contributed by atoms with Gasteiger partial charge in [0.25, 0.3) is 0 Å². The second-order valence-corrected chi connectivity index (χ2v) is 10.8. The number of rotatable bonds is 4. The van der Waals surface area contributed by atoms with Crippen molar-refractivity contribution in [2.45, 2.75) is 64.2 Å². The van der Waals surface area contributed by atoms with Crippen molar-refractivity contribution < 1.29 is 9.31 Å². The molecule has 2 aliphatic rings. The molecule has 0 aromatic heterocycles. The van der Waals surface area contributed by atoms with Crippen LogP contribution in [0.15, 0.2) is 36.4 Å². The van der Waals surface area contributed by atoms with Gasteiger partial charge >= 0.3 is 7.12 Å². The molecular formula is C25H31BCl2NO2+. The number of likely N-dealkylation sites (N-methyl/N-ethyl adjacent to an activating group) is 1. The molecule has 0 saturated carbocycles. The van der Waals surface area contributed by atoms with E-state index < -0.39 is 0 Å². The third-order valence-electron chi connectivity index (χ3n) is 7.18. The highest BCUT2D eigenvalue weighted by Crippen LogP contribution is 2.44. The zero-order valence-electron chi connectivity index (χ0n) is 19.3. The minimum Gasteiger partial charge on any atom is -0.399 e. The van der Waals surface area contributed by atoms with Crippen LogP contribution in [0.3, 0.4) is 0 Å². The van der Waals surface area contributed by atoms with Gasteiger partial charge in [-0.3, -0.25) is 0 Å². The van der Waals surface area contributed by atoms with Crippen molar-refractivity contribution in [3.05, 3.63) is 69.6 Å². The van der Waals surface area contributed by atoms with E-state index in [0.717, 1.165) is 25.0 Å². The van der Waals surface area contributed by atoms with Gasteiger partial charge in [0, 0.05) is 13.1 Å². The molecule has 2 aliphatic heterocycles. The lowest BCUT2D eigenvalue weighted by atomic mass is 9.66. The van der Waals surface area contributed by atoms with Crippen LogP contribution in [-0.4, -0.2) is 36.8 Å². The maximum atomic E-state index is 6.43. The standard InChI is InChI=1S/C25H31BCl2NO2/c1-7-12-25(18-8-11-21(27)22(28)14-18)16-29(6)15-17-13-19(9-10-20(17)25)26-30-23(2,3)24(4,5)31-26/h7-11,13-14H,12,15-16H2,1-6H3/q+1. The summed E-state index contributed by atoms with van der Waals surface area (Å²) in [6.45, 7) is 12.3. The van der Waals surface area contributed by atoms with Crippen LogP contribution < -0.4 is 5.46 Å². The Labute approximate surface area is 197 Å². The summed E-state index contributed by atoms with van der Waals surface area (Å²) in [6, 6.07) is 12.7. The third-order valence-corrected chi connectivity index (χ3v) is 7.91. The first-order valence-corrected chi connectivity index (χ1v) is 11.7. The summed E-state index contributed by atoms with van der Waals surface area (Å²) in [5.74, 6) is 0. The monoisotopic (exact) mass is 458 g/mol. The van der Waals surface area contributed by atoms with E-state index in [0.29, 0.717) is 10.0 Å². The molecule has 6 heteroatoms. The first-order valence-electron chi connectivity index (χ1n) is 10.9. The van der Waals surface area contributed by atoms with E-state index in [4.69, 9.17) is 32.5 Å². The van der Waals surface area contributed by atoms with Gasteiger partial charge in [-0.15, -0.1) is 0 Å². The summed E-state index contributed by atoms with van der Waals surface area (Å²) in [6.07, 6.45) is 3.16. The molecule has 1 fully saturated rings. The molecule has 2 aromatic rings. The normalized spacial score (nSPS) is 24.8. The Kier molecular flexibility index (Phi) is 5.94. The Bertz CT molecular complexity index is 977. The van der Waals surface area contributed by atoms with E-state index >= 15 is 0 Å². The van der Waals surface area contributed by atoms with Crippen molar-refractivity contribution in [3.63, 3.8) is 0 Å². The van der Waals surface area contributed by atoms with Crippen LogP contribution in [0.5, 0.6) is 0 Å². The van der Waals surface area contributed by atoms with Gasteiger partial charge < -0.3 is 14.2 Å². The van der Waals surface area contributed by atoms with Gasteiger partial charge in [0.2, 0.25) is 0 Å². The van der Waals surface area contributed by atoms with E-state index in [1.54, 1.807) is 0 Å². The summed E-state index contributed by atoms with van der Waals surface area (Å²) in [4.78, 5) is 2.38.